The van der Waals surface area contributed by atoms with Crippen LogP contribution in [0.4, 0.5) is 5.69 Å². The van der Waals surface area contributed by atoms with E-state index in [0.29, 0.717) is 23.4 Å². The molecule has 0 unspecified atom stereocenters. The van der Waals surface area contributed by atoms with Crippen molar-refractivity contribution in [2.75, 3.05) is 25.5 Å². The number of fused-ring (bicyclic) bond motifs is 1. The summed E-state index contributed by atoms with van der Waals surface area (Å²) in [5.74, 6) is -0.918. The van der Waals surface area contributed by atoms with Gasteiger partial charge in [-0.25, -0.2) is 0 Å². The molecule has 0 radical (unpaired) electrons. The summed E-state index contributed by atoms with van der Waals surface area (Å²) in [5.41, 5.74) is 1.28. The first-order chi connectivity index (χ1) is 10.0. The second kappa shape index (κ2) is 6.05. The fourth-order valence-electron chi connectivity index (χ4n) is 1.97. The molecule has 108 valence electrons. The maximum absolute atomic E-state index is 11.8. The van der Waals surface area contributed by atoms with Gasteiger partial charge in [-0.15, -0.1) is 0 Å². The van der Waals surface area contributed by atoms with Gasteiger partial charge in [-0.2, -0.15) is 5.26 Å². The number of anilines is 1. The van der Waals surface area contributed by atoms with Crippen molar-refractivity contribution in [3.63, 3.8) is 0 Å². The summed E-state index contributed by atoms with van der Waals surface area (Å²) in [6, 6.07) is 6.70. The summed E-state index contributed by atoms with van der Waals surface area (Å²) >= 11 is 0. The van der Waals surface area contributed by atoms with Crippen molar-refractivity contribution >= 4 is 23.4 Å². The van der Waals surface area contributed by atoms with Gasteiger partial charge >= 0.3 is 0 Å². The van der Waals surface area contributed by atoms with Crippen molar-refractivity contribution in [3.05, 3.63) is 29.3 Å². The summed E-state index contributed by atoms with van der Waals surface area (Å²) < 4.78 is 0. The van der Waals surface area contributed by atoms with E-state index in [2.05, 4.69) is 10.6 Å². The van der Waals surface area contributed by atoms with Gasteiger partial charge in [0.05, 0.1) is 30.2 Å². The number of rotatable bonds is 5. The number of hydrogen-bond donors (Lipinski definition) is 2. The van der Waals surface area contributed by atoms with Crippen LogP contribution in [0.1, 0.15) is 27.1 Å². The van der Waals surface area contributed by atoms with Crippen molar-refractivity contribution in [1.29, 1.82) is 5.26 Å². The Hall–Kier alpha value is -2.88. The normalized spacial score (nSPS) is 12.9. The number of nitrogens with one attached hydrogen (secondary N) is 2. The van der Waals surface area contributed by atoms with Gasteiger partial charge in [0.1, 0.15) is 0 Å². The molecule has 0 aliphatic carbocycles. The zero-order valence-electron chi connectivity index (χ0n) is 11.5. The molecule has 0 fully saturated rings. The SMILES string of the molecule is CN1C(=O)c2ccc(NCC(=O)NCCC#N)cc2C1=O. The molecule has 0 atom stereocenters. The predicted molar refractivity (Wildman–Crippen MR) is 74.6 cm³/mol. The second-order valence-electron chi connectivity index (χ2n) is 4.54. The molecule has 1 heterocycles. The Morgan fingerprint density at radius 3 is 2.71 bits per heavy atom. The van der Waals surface area contributed by atoms with Gasteiger partial charge in [0.25, 0.3) is 11.8 Å². The molecule has 2 N–H and O–H groups in total. The minimum atomic E-state index is -0.350. The molecule has 0 aromatic heterocycles. The fourth-order valence-corrected chi connectivity index (χ4v) is 1.97. The zero-order valence-corrected chi connectivity index (χ0v) is 11.5. The average molecular weight is 286 g/mol. The second-order valence-corrected chi connectivity index (χ2v) is 4.54. The summed E-state index contributed by atoms with van der Waals surface area (Å²) in [7, 11) is 1.43. The van der Waals surface area contributed by atoms with Crippen molar-refractivity contribution in [3.8, 4) is 6.07 Å². The van der Waals surface area contributed by atoms with Crippen molar-refractivity contribution in [1.82, 2.24) is 10.2 Å². The van der Waals surface area contributed by atoms with Crippen LogP contribution in [0.25, 0.3) is 0 Å². The van der Waals surface area contributed by atoms with Gasteiger partial charge in [-0.3, -0.25) is 19.3 Å². The van der Waals surface area contributed by atoms with Gasteiger partial charge in [0.15, 0.2) is 0 Å². The molecule has 1 aliphatic rings. The molecular formula is C14H14N4O3. The van der Waals surface area contributed by atoms with Crippen LogP contribution < -0.4 is 10.6 Å². The molecular weight excluding hydrogens is 272 g/mol. The molecule has 2 rings (SSSR count). The zero-order chi connectivity index (χ0) is 15.4. The number of carbonyl (C=O) groups is 3. The molecule has 7 nitrogen and oxygen atoms in total. The van der Waals surface area contributed by atoms with Crippen LogP contribution in [-0.2, 0) is 4.79 Å². The van der Waals surface area contributed by atoms with Crippen LogP contribution >= 0.6 is 0 Å². The maximum atomic E-state index is 11.8. The molecule has 1 aromatic rings. The molecule has 0 saturated carbocycles. The number of carbonyl (C=O) groups excluding carboxylic acids is 3. The maximum Gasteiger partial charge on any atom is 0.261 e. The Labute approximate surface area is 121 Å². The minimum Gasteiger partial charge on any atom is -0.376 e. The van der Waals surface area contributed by atoms with E-state index in [9.17, 15) is 14.4 Å². The number of imide groups is 1. The Balaban J connectivity index is 1.98. The van der Waals surface area contributed by atoms with E-state index < -0.39 is 0 Å². The first-order valence-corrected chi connectivity index (χ1v) is 6.38. The van der Waals surface area contributed by atoms with E-state index in [1.54, 1.807) is 18.2 Å². The quantitative estimate of drug-likeness (QED) is 0.601. The number of benzene rings is 1. The standard InChI is InChI=1S/C14H14N4O3/c1-18-13(20)10-4-3-9(7-11(10)14(18)21)17-8-12(19)16-6-2-5-15/h3-4,7,17H,2,6,8H2,1H3,(H,16,19). The van der Waals surface area contributed by atoms with Crippen molar-refractivity contribution in [2.45, 2.75) is 6.42 Å². The van der Waals surface area contributed by atoms with E-state index in [0.717, 1.165) is 4.90 Å². The molecule has 0 saturated heterocycles. The van der Waals surface area contributed by atoms with Gasteiger partial charge in [0, 0.05) is 19.3 Å². The van der Waals surface area contributed by atoms with Crippen LogP contribution in [0, 0.1) is 11.3 Å². The van der Waals surface area contributed by atoms with Gasteiger partial charge in [-0.05, 0) is 18.2 Å². The van der Waals surface area contributed by atoms with E-state index >= 15 is 0 Å². The summed E-state index contributed by atoms with van der Waals surface area (Å²) in [6.07, 6.45) is 0.257. The number of amides is 3. The third kappa shape index (κ3) is 3.00. The third-order valence-electron chi connectivity index (χ3n) is 3.10. The summed E-state index contributed by atoms with van der Waals surface area (Å²) in [6.45, 7) is 0.334. The first kappa shape index (κ1) is 14.5. The lowest BCUT2D eigenvalue weighted by molar-refractivity contribution is -0.119. The molecule has 1 aliphatic heterocycles. The highest BCUT2D eigenvalue weighted by Gasteiger charge is 2.32. The summed E-state index contributed by atoms with van der Waals surface area (Å²) in [5, 5.41) is 13.8. The lowest BCUT2D eigenvalue weighted by Crippen LogP contribution is -2.30. The Bertz CT molecular complexity index is 648. The lowest BCUT2D eigenvalue weighted by Gasteiger charge is -2.07. The highest BCUT2D eigenvalue weighted by Crippen LogP contribution is 2.24. The van der Waals surface area contributed by atoms with Gasteiger partial charge in [0.2, 0.25) is 5.91 Å². The van der Waals surface area contributed by atoms with Gasteiger partial charge < -0.3 is 10.6 Å². The lowest BCUT2D eigenvalue weighted by atomic mass is 10.1. The molecule has 7 heteroatoms. The Kier molecular flexibility index (Phi) is 4.18. The van der Waals surface area contributed by atoms with E-state index in [4.69, 9.17) is 5.26 Å². The minimum absolute atomic E-state index is 0.0300. The molecule has 21 heavy (non-hydrogen) atoms. The largest absolute Gasteiger partial charge is 0.376 e. The molecule has 0 bridgehead atoms. The average Bonchev–Trinajstić information content (AvgIpc) is 2.70. The molecule has 1 aromatic carbocycles. The van der Waals surface area contributed by atoms with Crippen molar-refractivity contribution < 1.29 is 14.4 Å². The number of nitrogens with zero attached hydrogens (tertiary/aromatic N) is 2. The highest BCUT2D eigenvalue weighted by molar-refractivity contribution is 6.21. The van der Waals surface area contributed by atoms with E-state index in [-0.39, 0.29) is 30.7 Å². The number of nitriles is 1. The first-order valence-electron chi connectivity index (χ1n) is 6.38. The monoisotopic (exact) mass is 286 g/mol. The van der Waals surface area contributed by atoms with Crippen LogP contribution in [0.15, 0.2) is 18.2 Å². The van der Waals surface area contributed by atoms with Crippen LogP contribution in [0.5, 0.6) is 0 Å². The van der Waals surface area contributed by atoms with Crippen LogP contribution in [0.2, 0.25) is 0 Å². The molecule has 0 spiro atoms. The van der Waals surface area contributed by atoms with E-state index in [1.165, 1.54) is 7.05 Å². The third-order valence-corrected chi connectivity index (χ3v) is 3.10. The topological polar surface area (TPSA) is 102 Å². The van der Waals surface area contributed by atoms with E-state index in [1.807, 2.05) is 6.07 Å². The van der Waals surface area contributed by atoms with Crippen LogP contribution in [-0.4, -0.2) is 42.8 Å². The summed E-state index contributed by atoms with van der Waals surface area (Å²) in [4.78, 5) is 36.1. The Morgan fingerprint density at radius 2 is 2.00 bits per heavy atom. The predicted octanol–water partition coefficient (Wildman–Crippen LogP) is 0.354. The van der Waals surface area contributed by atoms with Gasteiger partial charge in [-0.1, -0.05) is 0 Å². The molecule has 3 amide bonds. The van der Waals surface area contributed by atoms with Crippen LogP contribution in [0.3, 0.4) is 0 Å². The smallest absolute Gasteiger partial charge is 0.261 e. The number of hydrogen-bond acceptors (Lipinski definition) is 5. The highest BCUT2D eigenvalue weighted by atomic mass is 16.2. The van der Waals surface area contributed by atoms with Crippen molar-refractivity contribution in [2.24, 2.45) is 0 Å². The fraction of sp³-hybridized carbons (Fsp3) is 0.286. The Morgan fingerprint density at radius 1 is 1.29 bits per heavy atom.